The molecule has 54 valence electrons. The van der Waals surface area contributed by atoms with E-state index >= 15 is 0 Å². The van der Waals surface area contributed by atoms with Crippen LogP contribution >= 0.6 is 0 Å². The lowest BCUT2D eigenvalue weighted by Crippen LogP contribution is -1.97. The predicted molar refractivity (Wildman–Crippen MR) is 32.0 cm³/mol. The van der Waals surface area contributed by atoms with Gasteiger partial charge < -0.3 is 5.21 Å². The second-order valence-corrected chi connectivity index (χ2v) is 1.58. The summed E-state index contributed by atoms with van der Waals surface area (Å²) in [5.41, 5.74) is 0. The largest absolute Gasteiger partial charge is 0.320 e. The van der Waals surface area contributed by atoms with Crippen LogP contribution in [-0.2, 0) is 9.59 Å². The zero-order valence-corrected chi connectivity index (χ0v) is 5.55. The molecule has 0 fully saturated rings. The Morgan fingerprint density at radius 3 is 1.44 bits per heavy atom. The third-order valence-electron chi connectivity index (χ3n) is 0.498. The van der Waals surface area contributed by atoms with Gasteiger partial charge in [-0.15, -0.1) is 0 Å². The lowest BCUT2D eigenvalue weighted by atomic mass is 10.2. The van der Waals surface area contributed by atoms with Gasteiger partial charge in [-0.3, -0.25) is 9.59 Å². The van der Waals surface area contributed by atoms with Crippen molar-refractivity contribution in [2.45, 2.75) is 20.3 Å². The van der Waals surface area contributed by atoms with Gasteiger partial charge in [0.1, 0.15) is 11.6 Å². The second kappa shape index (κ2) is 7.26. The Hall–Kier alpha value is -0.740. The van der Waals surface area contributed by atoms with E-state index in [1.54, 1.807) is 0 Å². The molecule has 9 heavy (non-hydrogen) atoms. The SMILES string of the molecule is CC(=O)CC(C)=O.NO. The van der Waals surface area contributed by atoms with Crippen molar-refractivity contribution in [2.24, 2.45) is 5.90 Å². The normalized spacial score (nSPS) is 7.11. The zero-order chi connectivity index (χ0) is 7.86. The van der Waals surface area contributed by atoms with Gasteiger partial charge in [-0.05, 0) is 13.8 Å². The first-order chi connectivity index (χ1) is 4.13. The summed E-state index contributed by atoms with van der Waals surface area (Å²) in [7, 11) is 0. The Kier molecular flexibility index (Phi) is 8.96. The molecular formula is C5H11NO3. The molecule has 0 rings (SSSR count). The molecule has 0 heterocycles. The minimum Gasteiger partial charge on any atom is -0.320 e. The summed E-state index contributed by atoms with van der Waals surface area (Å²) >= 11 is 0. The molecule has 0 saturated heterocycles. The number of hydrogen-bond acceptors (Lipinski definition) is 4. The third-order valence-corrected chi connectivity index (χ3v) is 0.498. The zero-order valence-electron chi connectivity index (χ0n) is 5.55. The first-order valence-corrected chi connectivity index (χ1v) is 2.37. The van der Waals surface area contributed by atoms with Gasteiger partial charge in [-0.1, -0.05) is 0 Å². The predicted octanol–water partition coefficient (Wildman–Crippen LogP) is -0.111. The van der Waals surface area contributed by atoms with Crippen molar-refractivity contribution in [3.8, 4) is 0 Å². The van der Waals surface area contributed by atoms with Gasteiger partial charge in [-0.25, -0.2) is 5.90 Å². The van der Waals surface area contributed by atoms with Gasteiger partial charge in [0.25, 0.3) is 0 Å². The highest BCUT2D eigenvalue weighted by Gasteiger charge is 1.94. The van der Waals surface area contributed by atoms with Crippen molar-refractivity contribution in [2.75, 3.05) is 0 Å². The summed E-state index contributed by atoms with van der Waals surface area (Å²) in [5.74, 6) is 3.38. The Bertz CT molecular complexity index is 88.4. The van der Waals surface area contributed by atoms with E-state index in [0.717, 1.165) is 0 Å². The molecule has 0 aliphatic heterocycles. The number of hydrogen-bond donors (Lipinski definition) is 2. The van der Waals surface area contributed by atoms with Crippen molar-refractivity contribution in [3.63, 3.8) is 0 Å². The van der Waals surface area contributed by atoms with Gasteiger partial charge in [0.15, 0.2) is 0 Å². The van der Waals surface area contributed by atoms with Gasteiger partial charge in [-0.2, -0.15) is 0 Å². The molecule has 0 amide bonds. The fourth-order valence-electron chi connectivity index (χ4n) is 0.351. The Morgan fingerprint density at radius 1 is 1.22 bits per heavy atom. The molecule has 4 heteroatoms. The average Bonchev–Trinajstić information content (AvgIpc) is 1.68. The molecule has 3 N–H and O–H groups in total. The monoisotopic (exact) mass is 133 g/mol. The molecule has 0 aromatic heterocycles. The molecule has 0 unspecified atom stereocenters. The van der Waals surface area contributed by atoms with Crippen molar-refractivity contribution < 1.29 is 14.8 Å². The number of carbonyl (C=O) groups excluding carboxylic acids is 2. The van der Waals surface area contributed by atoms with E-state index in [9.17, 15) is 9.59 Å². The molecule has 0 aromatic carbocycles. The number of rotatable bonds is 2. The smallest absolute Gasteiger partial charge is 0.137 e. The van der Waals surface area contributed by atoms with Crippen LogP contribution in [-0.4, -0.2) is 16.8 Å². The molecular weight excluding hydrogens is 122 g/mol. The number of Topliss-reactive ketones (excluding diaryl/α,β-unsaturated/α-hetero) is 2. The first kappa shape index (κ1) is 11.1. The highest BCUT2D eigenvalue weighted by Crippen LogP contribution is 1.80. The lowest BCUT2D eigenvalue weighted by Gasteiger charge is -1.81. The molecule has 0 spiro atoms. The van der Waals surface area contributed by atoms with E-state index in [-0.39, 0.29) is 18.0 Å². The molecule has 4 nitrogen and oxygen atoms in total. The van der Waals surface area contributed by atoms with Gasteiger partial charge >= 0.3 is 0 Å². The van der Waals surface area contributed by atoms with Crippen LogP contribution in [0.1, 0.15) is 20.3 Å². The van der Waals surface area contributed by atoms with Crippen LogP contribution < -0.4 is 5.90 Å². The number of nitrogens with two attached hydrogens (primary N) is 1. The molecule has 0 aromatic rings. The van der Waals surface area contributed by atoms with Crippen molar-refractivity contribution >= 4 is 11.6 Å². The van der Waals surface area contributed by atoms with Crippen molar-refractivity contribution in [3.05, 3.63) is 0 Å². The number of ketones is 2. The Labute approximate surface area is 53.6 Å². The summed E-state index contributed by atoms with van der Waals surface area (Å²) in [5, 5.41) is 6.50. The maximum Gasteiger partial charge on any atom is 0.137 e. The van der Waals surface area contributed by atoms with Crippen LogP contribution in [0, 0.1) is 0 Å². The van der Waals surface area contributed by atoms with Crippen LogP contribution in [0.2, 0.25) is 0 Å². The van der Waals surface area contributed by atoms with Crippen LogP contribution in [0.5, 0.6) is 0 Å². The fourth-order valence-corrected chi connectivity index (χ4v) is 0.351. The molecule has 0 atom stereocenters. The van der Waals surface area contributed by atoms with Gasteiger partial charge in [0.05, 0.1) is 6.42 Å². The van der Waals surface area contributed by atoms with E-state index in [4.69, 9.17) is 5.21 Å². The molecule has 0 radical (unpaired) electrons. The lowest BCUT2D eigenvalue weighted by molar-refractivity contribution is -0.124. The highest BCUT2D eigenvalue weighted by atomic mass is 16.4. The van der Waals surface area contributed by atoms with Gasteiger partial charge in [0.2, 0.25) is 0 Å². The Morgan fingerprint density at radius 2 is 1.44 bits per heavy atom. The third kappa shape index (κ3) is 18.9. The van der Waals surface area contributed by atoms with E-state index < -0.39 is 0 Å². The standard InChI is InChI=1S/C5H8O2.H3NO/c1-4(6)3-5(2)7;1-2/h3H2,1-2H3;2H,1H2. The van der Waals surface area contributed by atoms with Crippen molar-refractivity contribution in [1.29, 1.82) is 0 Å². The maximum absolute atomic E-state index is 10.0. The van der Waals surface area contributed by atoms with Gasteiger partial charge in [0, 0.05) is 0 Å². The molecule has 0 aliphatic carbocycles. The van der Waals surface area contributed by atoms with E-state index in [1.807, 2.05) is 0 Å². The first-order valence-electron chi connectivity index (χ1n) is 2.37. The summed E-state index contributed by atoms with van der Waals surface area (Å²) in [4.78, 5) is 20.1. The van der Waals surface area contributed by atoms with Crippen molar-refractivity contribution in [1.82, 2.24) is 0 Å². The fraction of sp³-hybridized carbons (Fsp3) is 0.600. The minimum atomic E-state index is -0.0625. The van der Waals surface area contributed by atoms with Crippen LogP contribution in [0.15, 0.2) is 0 Å². The maximum atomic E-state index is 10.0. The molecule has 0 bridgehead atoms. The Balaban J connectivity index is 0. The van der Waals surface area contributed by atoms with Crippen LogP contribution in [0.4, 0.5) is 0 Å². The minimum absolute atomic E-state index is 0.0625. The summed E-state index contributed by atoms with van der Waals surface area (Å²) in [6.07, 6.45) is 0.0833. The van der Waals surface area contributed by atoms with E-state index in [0.29, 0.717) is 0 Å². The average molecular weight is 133 g/mol. The topological polar surface area (TPSA) is 80.4 Å². The number of carbonyl (C=O) groups is 2. The summed E-state index contributed by atoms with van der Waals surface area (Å²) < 4.78 is 0. The van der Waals surface area contributed by atoms with E-state index in [2.05, 4.69) is 5.90 Å². The quantitative estimate of drug-likeness (QED) is 0.406. The summed E-state index contributed by atoms with van der Waals surface area (Å²) in [6, 6.07) is 0. The molecule has 0 aliphatic rings. The summed E-state index contributed by atoms with van der Waals surface area (Å²) in [6.45, 7) is 2.81. The van der Waals surface area contributed by atoms with Crippen LogP contribution in [0.25, 0.3) is 0 Å². The van der Waals surface area contributed by atoms with Crippen LogP contribution in [0.3, 0.4) is 0 Å². The molecule has 0 saturated carbocycles. The van der Waals surface area contributed by atoms with E-state index in [1.165, 1.54) is 13.8 Å². The highest BCUT2D eigenvalue weighted by molar-refractivity contribution is 5.96. The second-order valence-electron chi connectivity index (χ2n) is 1.58.